The lowest BCUT2D eigenvalue weighted by atomic mass is 10.1. The summed E-state index contributed by atoms with van der Waals surface area (Å²) in [4.78, 5) is 11.2. The molecule has 4 nitrogen and oxygen atoms in total. The standard InChI is InChI=1S/C15H20N2O2/c1-10(2)5-6-17-8-13(9-18)15(16-17)14-7-11(3)19-12(14)4/h7-10H,5-6H2,1-4H3. The molecule has 2 aromatic heterocycles. The first-order chi connectivity index (χ1) is 9.01. The van der Waals surface area contributed by atoms with Crippen molar-refractivity contribution in [1.29, 1.82) is 0 Å². The average molecular weight is 260 g/mol. The number of aromatic nitrogens is 2. The van der Waals surface area contributed by atoms with Crippen LogP contribution in [-0.2, 0) is 6.54 Å². The first-order valence-corrected chi connectivity index (χ1v) is 6.61. The van der Waals surface area contributed by atoms with Gasteiger partial charge in [-0.2, -0.15) is 5.10 Å². The Morgan fingerprint density at radius 1 is 1.42 bits per heavy atom. The Kier molecular flexibility index (Phi) is 3.88. The number of aldehydes is 1. The van der Waals surface area contributed by atoms with Crippen molar-refractivity contribution in [1.82, 2.24) is 9.78 Å². The Bertz CT molecular complexity index is 579. The van der Waals surface area contributed by atoms with E-state index in [0.717, 1.165) is 36.3 Å². The van der Waals surface area contributed by atoms with Crippen molar-refractivity contribution in [3.05, 3.63) is 29.3 Å². The fourth-order valence-corrected chi connectivity index (χ4v) is 2.10. The number of aryl methyl sites for hydroxylation is 3. The van der Waals surface area contributed by atoms with Crippen molar-refractivity contribution in [2.75, 3.05) is 0 Å². The van der Waals surface area contributed by atoms with E-state index in [1.165, 1.54) is 0 Å². The van der Waals surface area contributed by atoms with Gasteiger partial charge in [-0.1, -0.05) is 13.8 Å². The molecule has 0 atom stereocenters. The van der Waals surface area contributed by atoms with Crippen LogP contribution in [0, 0.1) is 19.8 Å². The SMILES string of the molecule is Cc1cc(-c2nn(CCC(C)C)cc2C=O)c(C)o1. The molecule has 2 aromatic rings. The molecule has 0 spiro atoms. The van der Waals surface area contributed by atoms with E-state index < -0.39 is 0 Å². The molecular weight excluding hydrogens is 240 g/mol. The molecule has 0 aliphatic carbocycles. The minimum atomic E-state index is 0.616. The number of nitrogens with zero attached hydrogens (tertiary/aromatic N) is 2. The van der Waals surface area contributed by atoms with Crippen molar-refractivity contribution in [3.8, 4) is 11.3 Å². The molecule has 0 aliphatic heterocycles. The van der Waals surface area contributed by atoms with E-state index in [9.17, 15) is 4.79 Å². The molecular formula is C15H20N2O2. The van der Waals surface area contributed by atoms with Gasteiger partial charge in [0, 0.05) is 18.3 Å². The number of rotatable bonds is 5. The summed E-state index contributed by atoms with van der Waals surface area (Å²) in [7, 11) is 0. The molecule has 0 saturated heterocycles. The molecule has 0 aromatic carbocycles. The second-order valence-electron chi connectivity index (χ2n) is 5.32. The van der Waals surface area contributed by atoms with Crippen LogP contribution in [0.3, 0.4) is 0 Å². The fraction of sp³-hybridized carbons (Fsp3) is 0.467. The van der Waals surface area contributed by atoms with Gasteiger partial charge >= 0.3 is 0 Å². The quantitative estimate of drug-likeness (QED) is 0.771. The number of carbonyl (C=O) groups excluding carboxylic acids is 1. The number of hydrogen-bond donors (Lipinski definition) is 0. The minimum absolute atomic E-state index is 0.616. The predicted octanol–water partition coefficient (Wildman–Crippen LogP) is 3.62. The molecule has 4 heteroatoms. The molecule has 0 unspecified atom stereocenters. The topological polar surface area (TPSA) is 48.0 Å². The van der Waals surface area contributed by atoms with Crippen LogP contribution in [0.4, 0.5) is 0 Å². The Morgan fingerprint density at radius 3 is 2.68 bits per heavy atom. The molecule has 0 radical (unpaired) electrons. The first kappa shape index (κ1) is 13.6. The summed E-state index contributed by atoms with van der Waals surface area (Å²) >= 11 is 0. The zero-order valence-corrected chi connectivity index (χ0v) is 11.9. The third kappa shape index (κ3) is 2.95. The van der Waals surface area contributed by atoms with Gasteiger partial charge in [-0.3, -0.25) is 9.48 Å². The van der Waals surface area contributed by atoms with Gasteiger partial charge < -0.3 is 4.42 Å². The number of hydrogen-bond acceptors (Lipinski definition) is 3. The van der Waals surface area contributed by atoms with E-state index in [0.29, 0.717) is 17.2 Å². The Balaban J connectivity index is 2.34. The maximum Gasteiger partial charge on any atom is 0.153 e. The van der Waals surface area contributed by atoms with Crippen LogP contribution in [0.5, 0.6) is 0 Å². The average Bonchev–Trinajstić information content (AvgIpc) is 2.89. The third-order valence-corrected chi connectivity index (χ3v) is 3.15. The van der Waals surface area contributed by atoms with E-state index >= 15 is 0 Å². The van der Waals surface area contributed by atoms with Crippen LogP contribution < -0.4 is 0 Å². The van der Waals surface area contributed by atoms with Crippen LogP contribution in [-0.4, -0.2) is 16.1 Å². The Hall–Kier alpha value is -1.84. The fourth-order valence-electron chi connectivity index (χ4n) is 2.10. The molecule has 0 saturated carbocycles. The van der Waals surface area contributed by atoms with E-state index in [-0.39, 0.29) is 0 Å². The van der Waals surface area contributed by atoms with Crippen LogP contribution >= 0.6 is 0 Å². The van der Waals surface area contributed by atoms with Gasteiger partial charge in [-0.05, 0) is 32.3 Å². The molecule has 0 fully saturated rings. The Labute approximate surface area is 113 Å². The largest absolute Gasteiger partial charge is 0.466 e. The highest BCUT2D eigenvalue weighted by atomic mass is 16.3. The minimum Gasteiger partial charge on any atom is -0.466 e. The smallest absolute Gasteiger partial charge is 0.153 e. The summed E-state index contributed by atoms with van der Waals surface area (Å²) in [5.74, 6) is 2.25. The van der Waals surface area contributed by atoms with E-state index in [1.54, 1.807) is 0 Å². The zero-order chi connectivity index (χ0) is 14.0. The second kappa shape index (κ2) is 5.43. The Morgan fingerprint density at radius 2 is 2.16 bits per heavy atom. The predicted molar refractivity (Wildman–Crippen MR) is 74.2 cm³/mol. The van der Waals surface area contributed by atoms with Crippen molar-refractivity contribution in [3.63, 3.8) is 0 Å². The molecule has 2 rings (SSSR count). The maximum atomic E-state index is 11.2. The molecule has 2 heterocycles. The van der Waals surface area contributed by atoms with Crippen LogP contribution in [0.2, 0.25) is 0 Å². The lowest BCUT2D eigenvalue weighted by Crippen LogP contribution is -2.02. The lowest BCUT2D eigenvalue weighted by Gasteiger charge is -2.03. The molecule has 0 bridgehead atoms. The van der Waals surface area contributed by atoms with Crippen molar-refractivity contribution in [2.45, 2.75) is 40.7 Å². The highest BCUT2D eigenvalue weighted by Crippen LogP contribution is 2.27. The van der Waals surface area contributed by atoms with Crippen molar-refractivity contribution in [2.24, 2.45) is 5.92 Å². The number of furan rings is 1. The van der Waals surface area contributed by atoms with Crippen LogP contribution in [0.15, 0.2) is 16.7 Å². The summed E-state index contributed by atoms with van der Waals surface area (Å²) in [6.07, 6.45) is 3.71. The van der Waals surface area contributed by atoms with Gasteiger partial charge in [0.05, 0.1) is 5.56 Å². The lowest BCUT2D eigenvalue weighted by molar-refractivity contribution is 0.112. The maximum absolute atomic E-state index is 11.2. The van der Waals surface area contributed by atoms with Gasteiger partial charge in [-0.15, -0.1) is 0 Å². The summed E-state index contributed by atoms with van der Waals surface area (Å²) in [5.41, 5.74) is 2.24. The summed E-state index contributed by atoms with van der Waals surface area (Å²) in [5, 5.41) is 4.52. The van der Waals surface area contributed by atoms with Crippen molar-refractivity contribution >= 4 is 6.29 Å². The molecule has 19 heavy (non-hydrogen) atoms. The van der Waals surface area contributed by atoms with Gasteiger partial charge in [-0.25, -0.2) is 0 Å². The van der Waals surface area contributed by atoms with E-state index in [1.807, 2.05) is 30.8 Å². The van der Waals surface area contributed by atoms with Crippen LogP contribution in [0.25, 0.3) is 11.3 Å². The van der Waals surface area contributed by atoms with Gasteiger partial charge in [0.15, 0.2) is 6.29 Å². The van der Waals surface area contributed by atoms with Gasteiger partial charge in [0.25, 0.3) is 0 Å². The highest BCUT2D eigenvalue weighted by molar-refractivity contribution is 5.85. The summed E-state index contributed by atoms with van der Waals surface area (Å²) < 4.78 is 7.36. The monoisotopic (exact) mass is 260 g/mol. The molecule has 0 N–H and O–H groups in total. The number of carbonyl (C=O) groups is 1. The first-order valence-electron chi connectivity index (χ1n) is 6.61. The molecule has 0 aliphatic rings. The van der Waals surface area contributed by atoms with Crippen LogP contribution in [0.1, 0.15) is 42.1 Å². The summed E-state index contributed by atoms with van der Waals surface area (Å²) in [6, 6.07) is 1.93. The third-order valence-electron chi connectivity index (χ3n) is 3.15. The zero-order valence-electron chi connectivity index (χ0n) is 11.9. The summed E-state index contributed by atoms with van der Waals surface area (Å²) in [6.45, 7) is 8.97. The van der Waals surface area contributed by atoms with Gasteiger partial charge in [0.2, 0.25) is 0 Å². The van der Waals surface area contributed by atoms with Gasteiger partial charge in [0.1, 0.15) is 17.2 Å². The van der Waals surface area contributed by atoms with E-state index in [4.69, 9.17) is 4.42 Å². The highest BCUT2D eigenvalue weighted by Gasteiger charge is 2.15. The van der Waals surface area contributed by atoms with Crippen molar-refractivity contribution < 1.29 is 9.21 Å². The molecule has 0 amide bonds. The normalized spacial score (nSPS) is 11.2. The molecule has 102 valence electrons. The van der Waals surface area contributed by atoms with E-state index in [2.05, 4.69) is 18.9 Å². The second-order valence-corrected chi connectivity index (χ2v) is 5.32.